The molecular weight excluding hydrogens is 322 g/mol. The molecule has 0 aliphatic carbocycles. The first-order chi connectivity index (χ1) is 11.3. The number of nitrogens with one attached hydrogen (secondary N) is 1. The highest BCUT2D eigenvalue weighted by molar-refractivity contribution is 5.85. The highest BCUT2D eigenvalue weighted by Gasteiger charge is 1.96. The average Bonchev–Trinajstić information content (AvgIpc) is 2.53. The van der Waals surface area contributed by atoms with Crippen molar-refractivity contribution in [2.75, 3.05) is 13.1 Å². The summed E-state index contributed by atoms with van der Waals surface area (Å²) in [4.78, 5) is 10.3. The Morgan fingerprint density at radius 3 is 1.33 bits per heavy atom. The van der Waals surface area contributed by atoms with Gasteiger partial charge in [0.25, 0.3) is 0 Å². The third-order valence-electron chi connectivity index (χ3n) is 4.48. The maximum Gasteiger partial charge on any atom is 0.317 e. The molecule has 24 heavy (non-hydrogen) atoms. The van der Waals surface area contributed by atoms with E-state index in [1.165, 1.54) is 96.3 Å². The second-order valence-electron chi connectivity index (χ2n) is 6.87. The Morgan fingerprint density at radius 1 is 0.667 bits per heavy atom. The van der Waals surface area contributed by atoms with E-state index in [0.717, 1.165) is 13.0 Å². The minimum absolute atomic E-state index is 0. The lowest BCUT2D eigenvalue weighted by molar-refractivity contribution is -0.135. The summed E-state index contributed by atoms with van der Waals surface area (Å²) < 4.78 is 0. The van der Waals surface area contributed by atoms with Gasteiger partial charge in [-0.3, -0.25) is 4.79 Å². The van der Waals surface area contributed by atoms with Gasteiger partial charge in [0, 0.05) is 0 Å². The van der Waals surface area contributed by atoms with Crippen LogP contribution >= 0.6 is 12.4 Å². The number of carboxylic acids is 1. The smallest absolute Gasteiger partial charge is 0.317 e. The van der Waals surface area contributed by atoms with Gasteiger partial charge in [0.05, 0.1) is 6.54 Å². The molecule has 0 atom stereocenters. The van der Waals surface area contributed by atoms with E-state index in [0.29, 0.717) is 0 Å². The van der Waals surface area contributed by atoms with E-state index in [-0.39, 0.29) is 19.0 Å². The molecule has 0 aliphatic rings. The summed E-state index contributed by atoms with van der Waals surface area (Å²) in [5.74, 6) is -0.763. The van der Waals surface area contributed by atoms with Crippen LogP contribution in [0.3, 0.4) is 0 Å². The van der Waals surface area contributed by atoms with E-state index >= 15 is 0 Å². The fourth-order valence-corrected chi connectivity index (χ4v) is 2.99. The summed E-state index contributed by atoms with van der Waals surface area (Å²) in [5, 5.41) is 11.4. The average molecular weight is 364 g/mol. The first-order valence-electron chi connectivity index (χ1n) is 10.2. The quantitative estimate of drug-likeness (QED) is 0.263. The summed E-state index contributed by atoms with van der Waals surface area (Å²) in [6.45, 7) is 3.21. The van der Waals surface area contributed by atoms with E-state index in [4.69, 9.17) is 5.11 Å². The van der Waals surface area contributed by atoms with Crippen LogP contribution < -0.4 is 5.32 Å². The molecule has 0 amide bonds. The van der Waals surface area contributed by atoms with Gasteiger partial charge in [-0.15, -0.1) is 12.4 Å². The zero-order valence-corrected chi connectivity index (χ0v) is 16.8. The predicted molar refractivity (Wildman–Crippen MR) is 107 cm³/mol. The normalized spacial score (nSPS) is 10.5. The van der Waals surface area contributed by atoms with Crippen molar-refractivity contribution in [3.63, 3.8) is 0 Å². The molecule has 146 valence electrons. The minimum atomic E-state index is -0.763. The van der Waals surface area contributed by atoms with E-state index in [1.807, 2.05) is 0 Å². The monoisotopic (exact) mass is 363 g/mol. The largest absolute Gasteiger partial charge is 0.480 e. The Morgan fingerprint density at radius 2 is 1.00 bits per heavy atom. The first-order valence-corrected chi connectivity index (χ1v) is 10.2. The Labute approximate surface area is 156 Å². The van der Waals surface area contributed by atoms with Crippen LogP contribution in [-0.2, 0) is 4.79 Å². The zero-order valence-electron chi connectivity index (χ0n) is 16.0. The summed E-state index contributed by atoms with van der Waals surface area (Å²) in [6.07, 6.45) is 22.0. The molecule has 0 bridgehead atoms. The summed E-state index contributed by atoms with van der Waals surface area (Å²) in [7, 11) is 0. The van der Waals surface area contributed by atoms with Crippen LogP contribution in [0.1, 0.15) is 110 Å². The van der Waals surface area contributed by atoms with Gasteiger partial charge in [0.1, 0.15) is 0 Å². The van der Waals surface area contributed by atoms with Gasteiger partial charge in [-0.2, -0.15) is 0 Å². The number of carboxylic acid groups (broad SMARTS) is 1. The van der Waals surface area contributed by atoms with Crippen molar-refractivity contribution < 1.29 is 9.90 Å². The number of carbonyl (C=O) groups is 1. The highest BCUT2D eigenvalue weighted by Crippen LogP contribution is 2.13. The summed E-state index contributed by atoms with van der Waals surface area (Å²) in [5.41, 5.74) is 0. The van der Waals surface area contributed by atoms with Gasteiger partial charge in [0.2, 0.25) is 0 Å². The Bertz CT molecular complexity index is 250. The van der Waals surface area contributed by atoms with Crippen molar-refractivity contribution >= 4 is 18.4 Å². The first kappa shape index (κ1) is 26.0. The molecule has 0 aromatic carbocycles. The van der Waals surface area contributed by atoms with Crippen LogP contribution in [-0.4, -0.2) is 24.2 Å². The predicted octanol–water partition coefficient (Wildman–Crippen LogP) is 6.34. The SMILES string of the molecule is CCCCCCCCCCCCCCCCCCNCC(=O)O.Cl. The lowest BCUT2D eigenvalue weighted by atomic mass is 10.0. The molecule has 0 rings (SSSR count). The molecule has 0 saturated heterocycles. The van der Waals surface area contributed by atoms with Crippen molar-refractivity contribution in [1.82, 2.24) is 5.32 Å². The van der Waals surface area contributed by atoms with E-state index in [9.17, 15) is 4.79 Å². The molecule has 0 saturated carbocycles. The van der Waals surface area contributed by atoms with Crippen LogP contribution in [0.5, 0.6) is 0 Å². The molecule has 3 nitrogen and oxygen atoms in total. The van der Waals surface area contributed by atoms with Crippen molar-refractivity contribution in [3.8, 4) is 0 Å². The maximum absolute atomic E-state index is 10.3. The number of hydrogen-bond acceptors (Lipinski definition) is 2. The minimum Gasteiger partial charge on any atom is -0.480 e. The van der Waals surface area contributed by atoms with Crippen molar-refractivity contribution in [1.29, 1.82) is 0 Å². The van der Waals surface area contributed by atoms with Crippen LogP contribution in [0.15, 0.2) is 0 Å². The molecular formula is C20H42ClNO2. The molecule has 0 heterocycles. The molecule has 4 heteroatoms. The summed E-state index contributed by atoms with van der Waals surface area (Å²) >= 11 is 0. The number of hydrogen-bond donors (Lipinski definition) is 2. The van der Waals surface area contributed by atoms with Crippen molar-refractivity contribution in [3.05, 3.63) is 0 Å². The maximum atomic E-state index is 10.3. The van der Waals surface area contributed by atoms with Gasteiger partial charge >= 0.3 is 5.97 Å². The lowest BCUT2D eigenvalue weighted by Gasteiger charge is -2.04. The topological polar surface area (TPSA) is 49.3 Å². The zero-order chi connectivity index (χ0) is 17.0. The molecule has 0 fully saturated rings. The van der Waals surface area contributed by atoms with Crippen LogP contribution in [0, 0.1) is 0 Å². The van der Waals surface area contributed by atoms with Gasteiger partial charge < -0.3 is 10.4 Å². The highest BCUT2D eigenvalue weighted by atomic mass is 35.5. The lowest BCUT2D eigenvalue weighted by Crippen LogP contribution is -2.23. The molecule has 0 spiro atoms. The second kappa shape index (κ2) is 22.7. The van der Waals surface area contributed by atoms with Crippen molar-refractivity contribution in [2.45, 2.75) is 110 Å². The van der Waals surface area contributed by atoms with Crippen molar-refractivity contribution in [2.24, 2.45) is 0 Å². The molecule has 0 unspecified atom stereocenters. The van der Waals surface area contributed by atoms with Crippen LogP contribution in [0.25, 0.3) is 0 Å². The van der Waals surface area contributed by atoms with E-state index < -0.39 is 5.97 Å². The standard InChI is InChI=1S/C20H41NO2.ClH/c1-2-3-4-5-6-7-8-9-10-11-12-13-14-15-16-17-18-21-19-20(22)23;/h21H,2-19H2,1H3,(H,22,23);1H. The number of unbranched alkanes of at least 4 members (excludes halogenated alkanes) is 15. The Kier molecular flexibility index (Phi) is 24.6. The van der Waals surface area contributed by atoms with E-state index in [1.54, 1.807) is 0 Å². The van der Waals surface area contributed by atoms with Gasteiger partial charge in [-0.1, -0.05) is 103 Å². The fraction of sp³-hybridized carbons (Fsp3) is 0.950. The molecule has 0 aromatic heterocycles. The van der Waals surface area contributed by atoms with Gasteiger partial charge in [-0.25, -0.2) is 0 Å². The number of halogens is 1. The molecule has 0 aliphatic heterocycles. The number of rotatable bonds is 19. The molecule has 0 radical (unpaired) electrons. The third kappa shape index (κ3) is 24.0. The Balaban J connectivity index is 0. The fourth-order valence-electron chi connectivity index (χ4n) is 2.99. The molecule has 2 N–H and O–H groups in total. The van der Waals surface area contributed by atoms with Gasteiger partial charge in [-0.05, 0) is 13.0 Å². The van der Waals surface area contributed by atoms with Crippen LogP contribution in [0.2, 0.25) is 0 Å². The van der Waals surface area contributed by atoms with Crippen LogP contribution in [0.4, 0.5) is 0 Å². The summed E-state index contributed by atoms with van der Waals surface area (Å²) in [6, 6.07) is 0. The van der Waals surface area contributed by atoms with Gasteiger partial charge in [0.15, 0.2) is 0 Å². The Hall–Kier alpha value is -0.280. The molecule has 0 aromatic rings. The second-order valence-corrected chi connectivity index (χ2v) is 6.87. The third-order valence-corrected chi connectivity index (χ3v) is 4.48. The number of aliphatic carboxylic acids is 1. The van der Waals surface area contributed by atoms with E-state index in [2.05, 4.69) is 12.2 Å².